The number of likely N-dealkylation sites (tertiary alicyclic amines) is 1. The van der Waals surface area contributed by atoms with Crippen LogP contribution in [0.15, 0.2) is 36.5 Å². The Kier molecular flexibility index (Phi) is 3.62. The van der Waals surface area contributed by atoms with Gasteiger partial charge in [-0.1, -0.05) is 12.1 Å². The number of rotatable bonds is 3. The van der Waals surface area contributed by atoms with Crippen molar-refractivity contribution in [2.24, 2.45) is 5.92 Å². The molecule has 1 aliphatic heterocycles. The van der Waals surface area contributed by atoms with E-state index in [0.717, 1.165) is 0 Å². The first-order valence-electron chi connectivity index (χ1n) is 6.83. The summed E-state index contributed by atoms with van der Waals surface area (Å²) >= 11 is 0. The standard InChI is InChI=1S/C15H14FN3O3/c16-10-3-1-9(2-4-10)11-7-19(8-12(11)15(21)22)14(20)13-5-6-17-18-13/h1-6,11-12H,7-8H2,(H,17,18)(H,21,22)/t11-,12+/m1/s1. The molecule has 1 amide bonds. The number of halogens is 1. The summed E-state index contributed by atoms with van der Waals surface area (Å²) in [5, 5.41) is 15.7. The fourth-order valence-corrected chi connectivity index (χ4v) is 2.81. The molecule has 2 N–H and O–H groups in total. The van der Waals surface area contributed by atoms with Gasteiger partial charge in [0.05, 0.1) is 5.92 Å². The molecule has 2 atom stereocenters. The van der Waals surface area contributed by atoms with Crippen LogP contribution in [-0.2, 0) is 4.79 Å². The first kappa shape index (κ1) is 14.2. The number of carbonyl (C=O) groups excluding carboxylic acids is 1. The zero-order valence-electron chi connectivity index (χ0n) is 11.6. The number of carbonyl (C=O) groups is 2. The average molecular weight is 303 g/mol. The molecule has 1 fully saturated rings. The van der Waals surface area contributed by atoms with Gasteiger partial charge >= 0.3 is 5.97 Å². The van der Waals surface area contributed by atoms with Gasteiger partial charge in [-0.05, 0) is 23.8 Å². The molecule has 1 aromatic heterocycles. The molecule has 1 saturated heterocycles. The largest absolute Gasteiger partial charge is 0.481 e. The maximum Gasteiger partial charge on any atom is 0.308 e. The van der Waals surface area contributed by atoms with Crippen molar-refractivity contribution in [1.29, 1.82) is 0 Å². The van der Waals surface area contributed by atoms with Crippen molar-refractivity contribution in [3.8, 4) is 0 Å². The highest BCUT2D eigenvalue weighted by molar-refractivity contribution is 5.93. The second-order valence-electron chi connectivity index (χ2n) is 5.28. The Bertz CT molecular complexity index is 685. The third-order valence-corrected chi connectivity index (χ3v) is 3.95. The van der Waals surface area contributed by atoms with Gasteiger partial charge in [-0.25, -0.2) is 4.39 Å². The minimum atomic E-state index is -0.964. The molecule has 0 bridgehead atoms. The quantitative estimate of drug-likeness (QED) is 0.899. The highest BCUT2D eigenvalue weighted by Crippen LogP contribution is 2.33. The molecule has 2 aromatic rings. The summed E-state index contributed by atoms with van der Waals surface area (Å²) < 4.78 is 13.0. The van der Waals surface area contributed by atoms with E-state index in [4.69, 9.17) is 0 Å². The summed E-state index contributed by atoms with van der Waals surface area (Å²) in [5.74, 6) is -2.69. The first-order chi connectivity index (χ1) is 10.6. The van der Waals surface area contributed by atoms with Crippen LogP contribution in [0.25, 0.3) is 0 Å². The van der Waals surface area contributed by atoms with E-state index in [1.165, 1.54) is 23.2 Å². The number of nitrogens with zero attached hydrogens (tertiary/aromatic N) is 2. The Morgan fingerprint density at radius 3 is 2.55 bits per heavy atom. The molecular weight excluding hydrogens is 289 g/mol. The minimum Gasteiger partial charge on any atom is -0.481 e. The normalized spacial score (nSPS) is 21.0. The van der Waals surface area contributed by atoms with Crippen molar-refractivity contribution in [2.45, 2.75) is 5.92 Å². The summed E-state index contributed by atoms with van der Waals surface area (Å²) in [7, 11) is 0. The van der Waals surface area contributed by atoms with Crippen LogP contribution in [-0.4, -0.2) is 45.2 Å². The Balaban J connectivity index is 1.85. The Labute approximate surface area is 125 Å². The van der Waals surface area contributed by atoms with E-state index in [-0.39, 0.29) is 30.7 Å². The smallest absolute Gasteiger partial charge is 0.308 e. The molecule has 6 nitrogen and oxygen atoms in total. The molecule has 7 heteroatoms. The lowest BCUT2D eigenvalue weighted by Gasteiger charge is -2.15. The lowest BCUT2D eigenvalue weighted by molar-refractivity contribution is -0.141. The molecule has 2 heterocycles. The van der Waals surface area contributed by atoms with Crippen molar-refractivity contribution >= 4 is 11.9 Å². The molecule has 0 radical (unpaired) electrons. The lowest BCUT2D eigenvalue weighted by atomic mass is 9.89. The molecule has 3 rings (SSSR count). The highest BCUT2D eigenvalue weighted by Gasteiger charge is 2.40. The van der Waals surface area contributed by atoms with Crippen molar-refractivity contribution in [1.82, 2.24) is 15.1 Å². The van der Waals surface area contributed by atoms with E-state index in [1.807, 2.05) is 0 Å². The molecule has 1 aliphatic rings. The van der Waals surface area contributed by atoms with Gasteiger partial charge in [-0.2, -0.15) is 5.10 Å². The Morgan fingerprint density at radius 1 is 1.23 bits per heavy atom. The van der Waals surface area contributed by atoms with Crippen molar-refractivity contribution in [3.63, 3.8) is 0 Å². The van der Waals surface area contributed by atoms with Gasteiger partial charge in [0.25, 0.3) is 5.91 Å². The van der Waals surface area contributed by atoms with Crippen LogP contribution in [0.1, 0.15) is 22.0 Å². The third kappa shape index (κ3) is 2.57. The fourth-order valence-electron chi connectivity index (χ4n) is 2.81. The van der Waals surface area contributed by atoms with Gasteiger partial charge < -0.3 is 10.0 Å². The molecule has 22 heavy (non-hydrogen) atoms. The van der Waals surface area contributed by atoms with E-state index in [9.17, 15) is 19.1 Å². The van der Waals surface area contributed by atoms with Gasteiger partial charge in [-0.3, -0.25) is 14.7 Å². The number of aromatic amines is 1. The highest BCUT2D eigenvalue weighted by atomic mass is 19.1. The van der Waals surface area contributed by atoms with Gasteiger partial charge in [0.1, 0.15) is 11.5 Å². The van der Waals surface area contributed by atoms with Crippen LogP contribution in [0.4, 0.5) is 4.39 Å². The molecule has 0 saturated carbocycles. The van der Waals surface area contributed by atoms with E-state index in [1.54, 1.807) is 18.2 Å². The number of H-pyrrole nitrogens is 1. The van der Waals surface area contributed by atoms with Crippen LogP contribution in [0.2, 0.25) is 0 Å². The van der Waals surface area contributed by atoms with Gasteiger partial charge in [0, 0.05) is 25.2 Å². The molecule has 114 valence electrons. The Hall–Kier alpha value is -2.70. The predicted molar refractivity (Wildman–Crippen MR) is 74.8 cm³/mol. The van der Waals surface area contributed by atoms with Crippen LogP contribution in [0, 0.1) is 11.7 Å². The van der Waals surface area contributed by atoms with Crippen LogP contribution < -0.4 is 0 Å². The number of aliphatic carboxylic acids is 1. The number of amides is 1. The number of nitrogens with one attached hydrogen (secondary N) is 1. The van der Waals surface area contributed by atoms with Crippen molar-refractivity contribution < 1.29 is 19.1 Å². The average Bonchev–Trinajstić information content (AvgIpc) is 3.17. The minimum absolute atomic E-state index is 0.120. The van der Waals surface area contributed by atoms with Crippen LogP contribution in [0.5, 0.6) is 0 Å². The molecular formula is C15H14FN3O3. The van der Waals surface area contributed by atoms with Crippen LogP contribution >= 0.6 is 0 Å². The summed E-state index contributed by atoms with van der Waals surface area (Å²) in [6, 6.07) is 7.28. The van der Waals surface area contributed by atoms with E-state index >= 15 is 0 Å². The number of hydrogen-bond donors (Lipinski definition) is 2. The second-order valence-corrected chi connectivity index (χ2v) is 5.28. The SMILES string of the molecule is O=C(O)[C@H]1CN(C(=O)c2ccn[nH]2)C[C@@H]1c1ccc(F)cc1. The molecule has 0 unspecified atom stereocenters. The van der Waals surface area contributed by atoms with Gasteiger partial charge in [0.15, 0.2) is 0 Å². The summed E-state index contributed by atoms with van der Waals surface area (Å²) in [5.41, 5.74) is 1.04. The number of carboxylic acids is 1. The van der Waals surface area contributed by atoms with E-state index in [0.29, 0.717) is 11.3 Å². The molecule has 0 spiro atoms. The van der Waals surface area contributed by atoms with Gasteiger partial charge in [0.2, 0.25) is 0 Å². The topological polar surface area (TPSA) is 86.3 Å². The molecule has 1 aromatic carbocycles. The number of hydrogen-bond acceptors (Lipinski definition) is 3. The first-order valence-corrected chi connectivity index (χ1v) is 6.83. The van der Waals surface area contributed by atoms with Gasteiger partial charge in [-0.15, -0.1) is 0 Å². The fraction of sp³-hybridized carbons (Fsp3) is 0.267. The van der Waals surface area contributed by atoms with Crippen molar-refractivity contribution in [2.75, 3.05) is 13.1 Å². The van der Waals surface area contributed by atoms with Crippen molar-refractivity contribution in [3.05, 3.63) is 53.6 Å². The summed E-state index contributed by atoms with van der Waals surface area (Å²) in [6.45, 7) is 0.398. The molecule has 0 aliphatic carbocycles. The third-order valence-electron chi connectivity index (χ3n) is 3.95. The number of aromatic nitrogens is 2. The number of benzene rings is 1. The predicted octanol–water partition coefficient (Wildman–Crippen LogP) is 1.49. The lowest BCUT2D eigenvalue weighted by Crippen LogP contribution is -2.30. The maximum absolute atomic E-state index is 13.0. The Morgan fingerprint density at radius 2 is 1.95 bits per heavy atom. The maximum atomic E-state index is 13.0. The van der Waals surface area contributed by atoms with Crippen LogP contribution in [0.3, 0.4) is 0 Å². The zero-order valence-corrected chi connectivity index (χ0v) is 11.6. The van der Waals surface area contributed by atoms with E-state index < -0.39 is 11.9 Å². The second kappa shape index (κ2) is 5.59. The monoisotopic (exact) mass is 303 g/mol. The van der Waals surface area contributed by atoms with E-state index in [2.05, 4.69) is 10.2 Å². The summed E-state index contributed by atoms with van der Waals surface area (Å²) in [6.07, 6.45) is 1.47. The number of carboxylic acid groups (broad SMARTS) is 1. The summed E-state index contributed by atoms with van der Waals surface area (Å²) in [4.78, 5) is 25.3. The zero-order chi connectivity index (χ0) is 15.7.